The van der Waals surface area contributed by atoms with E-state index in [-0.39, 0.29) is 12.0 Å². The maximum absolute atomic E-state index is 11.3. The number of carbonyl (C=O) groups is 1. The van der Waals surface area contributed by atoms with Gasteiger partial charge in [0.1, 0.15) is 6.04 Å². The molecule has 0 radical (unpaired) electrons. The van der Waals surface area contributed by atoms with Crippen LogP contribution in [0.3, 0.4) is 0 Å². The lowest BCUT2D eigenvalue weighted by Gasteiger charge is -2.11. The summed E-state index contributed by atoms with van der Waals surface area (Å²) in [4.78, 5) is 12.4. The average Bonchev–Trinajstić information content (AvgIpc) is 2.61. The van der Waals surface area contributed by atoms with Gasteiger partial charge in [0.2, 0.25) is 0 Å². The van der Waals surface area contributed by atoms with Crippen LogP contribution in [0.4, 0.5) is 0 Å². The Morgan fingerprint density at radius 1 is 1.67 bits per heavy atom. The zero-order valence-corrected chi connectivity index (χ0v) is 10.3. The Balaban J connectivity index is 2.33. The molecule has 1 N–H and O–H groups in total. The van der Waals surface area contributed by atoms with Crippen molar-refractivity contribution in [2.24, 2.45) is 0 Å². The van der Waals surface area contributed by atoms with Crippen molar-refractivity contribution in [1.29, 1.82) is 0 Å². The molecule has 0 fully saturated rings. The molecule has 1 aromatic heterocycles. The predicted molar refractivity (Wildman–Crippen MR) is 62.3 cm³/mol. The van der Waals surface area contributed by atoms with Crippen molar-refractivity contribution in [1.82, 2.24) is 5.32 Å². The number of halogens is 1. The SMILES string of the molecule is CCOC(=O)C(C)NCc1ccc(Cl)s1. The fraction of sp³-hybridized carbons (Fsp3) is 0.500. The minimum absolute atomic E-state index is 0.222. The highest BCUT2D eigenvalue weighted by Crippen LogP contribution is 2.21. The molecular weight excluding hydrogens is 234 g/mol. The second-order valence-electron chi connectivity index (χ2n) is 3.06. The molecule has 0 saturated heterocycles. The van der Waals surface area contributed by atoms with Gasteiger partial charge in [0.15, 0.2) is 0 Å². The lowest BCUT2D eigenvalue weighted by atomic mass is 10.3. The highest BCUT2D eigenvalue weighted by molar-refractivity contribution is 7.16. The minimum Gasteiger partial charge on any atom is -0.465 e. The summed E-state index contributed by atoms with van der Waals surface area (Å²) in [6.07, 6.45) is 0. The van der Waals surface area contributed by atoms with E-state index in [1.54, 1.807) is 13.8 Å². The molecule has 0 aliphatic heterocycles. The third kappa shape index (κ3) is 4.20. The molecule has 0 spiro atoms. The van der Waals surface area contributed by atoms with Crippen LogP contribution >= 0.6 is 22.9 Å². The molecule has 0 saturated carbocycles. The Labute approximate surface area is 98.4 Å². The van der Waals surface area contributed by atoms with Crippen molar-refractivity contribution >= 4 is 28.9 Å². The smallest absolute Gasteiger partial charge is 0.322 e. The van der Waals surface area contributed by atoms with Gasteiger partial charge < -0.3 is 4.74 Å². The normalized spacial score (nSPS) is 12.5. The highest BCUT2D eigenvalue weighted by atomic mass is 35.5. The molecule has 1 unspecified atom stereocenters. The first-order valence-corrected chi connectivity index (χ1v) is 5.97. The summed E-state index contributed by atoms with van der Waals surface area (Å²) in [5.41, 5.74) is 0. The highest BCUT2D eigenvalue weighted by Gasteiger charge is 2.12. The Bertz CT molecular complexity index is 327. The van der Waals surface area contributed by atoms with Gasteiger partial charge in [-0.05, 0) is 26.0 Å². The van der Waals surface area contributed by atoms with E-state index < -0.39 is 0 Å². The number of hydrogen-bond acceptors (Lipinski definition) is 4. The van der Waals surface area contributed by atoms with E-state index >= 15 is 0 Å². The number of hydrogen-bond donors (Lipinski definition) is 1. The van der Waals surface area contributed by atoms with Crippen LogP contribution in [0.25, 0.3) is 0 Å². The first-order chi connectivity index (χ1) is 7.13. The minimum atomic E-state index is -0.286. The lowest BCUT2D eigenvalue weighted by Crippen LogP contribution is -2.34. The third-order valence-corrected chi connectivity index (χ3v) is 3.08. The van der Waals surface area contributed by atoms with E-state index in [2.05, 4.69) is 5.32 Å². The van der Waals surface area contributed by atoms with Crippen LogP contribution in [0.2, 0.25) is 4.34 Å². The van der Waals surface area contributed by atoms with Crippen molar-refractivity contribution < 1.29 is 9.53 Å². The Morgan fingerprint density at radius 3 is 2.93 bits per heavy atom. The molecule has 1 atom stereocenters. The van der Waals surface area contributed by atoms with Crippen LogP contribution in [0.5, 0.6) is 0 Å². The van der Waals surface area contributed by atoms with Crippen LogP contribution in [0.15, 0.2) is 12.1 Å². The van der Waals surface area contributed by atoms with Crippen LogP contribution in [-0.2, 0) is 16.1 Å². The molecule has 0 aliphatic rings. The molecule has 1 heterocycles. The molecule has 3 nitrogen and oxygen atoms in total. The molecule has 0 amide bonds. The van der Waals surface area contributed by atoms with Crippen molar-refractivity contribution in [3.05, 3.63) is 21.3 Å². The van der Waals surface area contributed by atoms with Crippen molar-refractivity contribution in [2.45, 2.75) is 26.4 Å². The summed E-state index contributed by atoms with van der Waals surface area (Å²) in [6.45, 7) is 4.63. The molecular formula is C10H14ClNO2S. The van der Waals surface area contributed by atoms with Gasteiger partial charge >= 0.3 is 5.97 Å². The molecule has 15 heavy (non-hydrogen) atoms. The maximum atomic E-state index is 11.3. The Morgan fingerprint density at radius 2 is 2.40 bits per heavy atom. The molecule has 5 heteroatoms. The van der Waals surface area contributed by atoms with E-state index in [1.165, 1.54) is 11.3 Å². The molecule has 84 valence electrons. The first-order valence-electron chi connectivity index (χ1n) is 4.77. The van der Waals surface area contributed by atoms with Gasteiger partial charge in [-0.1, -0.05) is 11.6 Å². The van der Waals surface area contributed by atoms with Crippen LogP contribution in [-0.4, -0.2) is 18.6 Å². The second kappa shape index (κ2) is 6.10. The fourth-order valence-corrected chi connectivity index (χ4v) is 2.09. The van der Waals surface area contributed by atoms with Gasteiger partial charge in [-0.2, -0.15) is 0 Å². The zero-order valence-electron chi connectivity index (χ0n) is 8.75. The summed E-state index contributed by atoms with van der Waals surface area (Å²) < 4.78 is 5.63. The maximum Gasteiger partial charge on any atom is 0.322 e. The van der Waals surface area contributed by atoms with Crippen molar-refractivity contribution in [3.63, 3.8) is 0 Å². The van der Waals surface area contributed by atoms with E-state index in [1.807, 2.05) is 12.1 Å². The van der Waals surface area contributed by atoms with Crippen molar-refractivity contribution in [3.8, 4) is 0 Å². The summed E-state index contributed by atoms with van der Waals surface area (Å²) in [7, 11) is 0. The van der Waals surface area contributed by atoms with E-state index in [4.69, 9.17) is 16.3 Å². The number of rotatable bonds is 5. The van der Waals surface area contributed by atoms with Gasteiger partial charge in [-0.15, -0.1) is 11.3 Å². The monoisotopic (exact) mass is 247 g/mol. The van der Waals surface area contributed by atoms with Gasteiger partial charge in [0.05, 0.1) is 10.9 Å². The summed E-state index contributed by atoms with van der Waals surface area (Å²) in [5.74, 6) is -0.222. The summed E-state index contributed by atoms with van der Waals surface area (Å²) in [6, 6.07) is 3.50. The topological polar surface area (TPSA) is 38.3 Å². The quantitative estimate of drug-likeness (QED) is 0.813. The van der Waals surface area contributed by atoms with Crippen LogP contribution in [0.1, 0.15) is 18.7 Å². The lowest BCUT2D eigenvalue weighted by molar-refractivity contribution is -0.145. The second-order valence-corrected chi connectivity index (χ2v) is 4.86. The van der Waals surface area contributed by atoms with Crippen LogP contribution < -0.4 is 5.32 Å². The van der Waals surface area contributed by atoms with E-state index in [0.717, 1.165) is 9.21 Å². The standard InChI is InChI=1S/C10H14ClNO2S/c1-3-14-10(13)7(2)12-6-8-4-5-9(11)15-8/h4-5,7,12H,3,6H2,1-2H3. The largest absolute Gasteiger partial charge is 0.465 e. The predicted octanol–water partition coefficient (Wildman–Crippen LogP) is 2.44. The summed E-state index contributed by atoms with van der Waals surface area (Å²) >= 11 is 7.29. The van der Waals surface area contributed by atoms with Gasteiger partial charge in [0.25, 0.3) is 0 Å². The van der Waals surface area contributed by atoms with E-state index in [9.17, 15) is 4.79 Å². The van der Waals surface area contributed by atoms with Gasteiger partial charge in [0, 0.05) is 11.4 Å². The summed E-state index contributed by atoms with van der Waals surface area (Å²) in [5, 5.41) is 3.07. The fourth-order valence-electron chi connectivity index (χ4n) is 1.05. The zero-order chi connectivity index (χ0) is 11.3. The molecule has 1 rings (SSSR count). The number of nitrogens with one attached hydrogen (secondary N) is 1. The average molecular weight is 248 g/mol. The number of carbonyl (C=O) groups excluding carboxylic acids is 1. The molecule has 0 bridgehead atoms. The molecule has 1 aromatic rings. The first kappa shape index (κ1) is 12.5. The van der Waals surface area contributed by atoms with Gasteiger partial charge in [-0.3, -0.25) is 10.1 Å². The molecule has 0 aliphatic carbocycles. The Kier molecular flexibility index (Phi) is 5.08. The van der Waals surface area contributed by atoms with Crippen LogP contribution in [0, 0.1) is 0 Å². The Hall–Kier alpha value is -0.580. The molecule has 0 aromatic carbocycles. The van der Waals surface area contributed by atoms with Crippen molar-refractivity contribution in [2.75, 3.05) is 6.61 Å². The van der Waals surface area contributed by atoms with E-state index in [0.29, 0.717) is 13.2 Å². The third-order valence-electron chi connectivity index (χ3n) is 1.85. The number of ether oxygens (including phenoxy) is 1. The van der Waals surface area contributed by atoms with Gasteiger partial charge in [-0.25, -0.2) is 0 Å². The number of esters is 1. The number of thiophene rings is 1.